The van der Waals surface area contributed by atoms with Crippen molar-refractivity contribution in [3.8, 4) is 0 Å². The van der Waals surface area contributed by atoms with E-state index in [2.05, 4.69) is 48.5 Å². The molecule has 22 heavy (non-hydrogen) atoms. The van der Waals surface area contributed by atoms with Crippen LogP contribution in [0.3, 0.4) is 0 Å². The Morgan fingerprint density at radius 3 is 1.68 bits per heavy atom. The lowest BCUT2D eigenvalue weighted by Gasteiger charge is -2.42. The zero-order chi connectivity index (χ0) is 17.2. The van der Waals surface area contributed by atoms with E-state index in [1.165, 1.54) is 32.1 Å². The molecule has 134 valence electrons. The highest BCUT2D eigenvalue weighted by Crippen LogP contribution is 2.42. The minimum Gasteiger partial charge on any atom is -0.413 e. The van der Waals surface area contributed by atoms with Gasteiger partial charge in [0.1, 0.15) is 0 Å². The Labute approximate surface area is 141 Å². The molecule has 0 aromatic heterocycles. The van der Waals surface area contributed by atoms with Gasteiger partial charge in [0, 0.05) is 0 Å². The highest BCUT2D eigenvalue weighted by molar-refractivity contribution is 6.77. The Morgan fingerprint density at radius 2 is 1.23 bits per heavy atom. The van der Waals surface area contributed by atoms with Crippen LogP contribution in [0.5, 0.6) is 0 Å². The predicted octanol–water partition coefficient (Wildman–Crippen LogP) is 6.29. The largest absolute Gasteiger partial charge is 0.413 e. The summed E-state index contributed by atoms with van der Waals surface area (Å²) in [5, 5.41) is 10.3. The molecule has 1 atom stereocenters. The lowest BCUT2D eigenvalue weighted by molar-refractivity contribution is 0.0883. The average molecular weight is 331 g/mol. The predicted molar refractivity (Wildman–Crippen MR) is 101 cm³/mol. The first-order valence-corrected chi connectivity index (χ1v) is 11.7. The maximum Gasteiger partial charge on any atom is 0.200 e. The van der Waals surface area contributed by atoms with Crippen LogP contribution in [-0.2, 0) is 4.43 Å². The van der Waals surface area contributed by atoms with Gasteiger partial charge in [-0.2, -0.15) is 0 Å². The summed E-state index contributed by atoms with van der Waals surface area (Å²) in [7, 11) is -1.82. The quantitative estimate of drug-likeness (QED) is 0.317. The smallest absolute Gasteiger partial charge is 0.200 e. The summed E-state index contributed by atoms with van der Waals surface area (Å²) in [5.41, 5.74) is 1.77. The van der Waals surface area contributed by atoms with Crippen LogP contribution in [0.25, 0.3) is 0 Å². The van der Waals surface area contributed by atoms with Crippen molar-refractivity contribution in [3.63, 3.8) is 0 Å². The summed E-state index contributed by atoms with van der Waals surface area (Å²) < 4.78 is 6.46. The molecule has 0 aliphatic carbocycles. The second-order valence-corrected chi connectivity index (χ2v) is 13.3. The van der Waals surface area contributed by atoms with E-state index in [-0.39, 0.29) is 6.10 Å². The summed E-state index contributed by atoms with van der Waals surface area (Å²) in [6, 6.07) is 0. The molecular weight excluding hydrogens is 288 g/mol. The minimum absolute atomic E-state index is 0.283. The van der Waals surface area contributed by atoms with Crippen LogP contribution in [0.15, 0.2) is 0 Å². The van der Waals surface area contributed by atoms with Gasteiger partial charge < -0.3 is 9.53 Å². The zero-order valence-corrected chi connectivity index (χ0v) is 17.3. The van der Waals surface area contributed by atoms with E-state index in [1.807, 2.05) is 0 Å². The highest BCUT2D eigenvalue weighted by atomic mass is 28.4. The summed E-state index contributed by atoms with van der Waals surface area (Å²) in [5.74, 6) is 0. The maximum atomic E-state index is 10.3. The molecule has 3 heteroatoms. The second-order valence-electron chi connectivity index (χ2n) is 7.84. The van der Waals surface area contributed by atoms with E-state index in [0.29, 0.717) is 23.2 Å². The van der Waals surface area contributed by atoms with Gasteiger partial charge in [-0.05, 0) is 23.0 Å². The second kappa shape index (κ2) is 11.6. The van der Waals surface area contributed by atoms with Crippen LogP contribution in [0.2, 0.25) is 16.6 Å². The zero-order valence-electron chi connectivity index (χ0n) is 16.3. The summed E-state index contributed by atoms with van der Waals surface area (Å²) in [4.78, 5) is 0. The molecule has 1 N–H and O–H groups in total. The van der Waals surface area contributed by atoms with Crippen LogP contribution in [0.4, 0.5) is 0 Å². The first-order chi connectivity index (χ1) is 10.3. The summed E-state index contributed by atoms with van der Waals surface area (Å²) in [6.07, 6.45) is 8.28. The molecule has 0 bridgehead atoms. The van der Waals surface area contributed by atoms with E-state index in [9.17, 15) is 5.11 Å². The van der Waals surface area contributed by atoms with E-state index in [4.69, 9.17) is 4.43 Å². The molecule has 0 saturated carbocycles. The van der Waals surface area contributed by atoms with Gasteiger partial charge in [0.05, 0.1) is 12.7 Å². The Hall–Kier alpha value is 0.137. The third kappa shape index (κ3) is 7.14. The third-order valence-electron chi connectivity index (χ3n) is 5.12. The lowest BCUT2D eigenvalue weighted by Crippen LogP contribution is -2.49. The van der Waals surface area contributed by atoms with E-state index in [1.54, 1.807) is 0 Å². The molecule has 0 saturated heterocycles. The number of hydrogen-bond donors (Lipinski definition) is 1. The fraction of sp³-hybridized carbons (Fsp3) is 1.00. The Balaban J connectivity index is 4.20. The molecule has 0 aromatic carbocycles. The summed E-state index contributed by atoms with van der Waals surface area (Å²) >= 11 is 0. The molecule has 0 unspecified atom stereocenters. The fourth-order valence-electron chi connectivity index (χ4n) is 3.98. The number of aliphatic hydroxyl groups excluding tert-OH is 1. The molecule has 0 spiro atoms. The molecule has 0 heterocycles. The van der Waals surface area contributed by atoms with Gasteiger partial charge >= 0.3 is 0 Å². The SMILES string of the molecule is CCCCCCCC[C@H](O)CO[Si](C(C)C)(C(C)C)C(C)C. The monoisotopic (exact) mass is 330 g/mol. The van der Waals surface area contributed by atoms with Gasteiger partial charge in [0.25, 0.3) is 0 Å². The van der Waals surface area contributed by atoms with Crippen molar-refractivity contribution in [1.29, 1.82) is 0 Å². The van der Waals surface area contributed by atoms with Crippen molar-refractivity contribution in [3.05, 3.63) is 0 Å². The lowest BCUT2D eigenvalue weighted by atomic mass is 10.1. The van der Waals surface area contributed by atoms with Crippen molar-refractivity contribution in [2.24, 2.45) is 0 Å². The van der Waals surface area contributed by atoms with Crippen LogP contribution < -0.4 is 0 Å². The van der Waals surface area contributed by atoms with Crippen molar-refractivity contribution >= 4 is 8.32 Å². The van der Waals surface area contributed by atoms with E-state index >= 15 is 0 Å². The third-order valence-corrected chi connectivity index (χ3v) is 11.2. The topological polar surface area (TPSA) is 29.5 Å². The molecule has 0 fully saturated rings. The van der Waals surface area contributed by atoms with Gasteiger partial charge in [-0.25, -0.2) is 0 Å². The normalized spacial score (nSPS) is 14.3. The van der Waals surface area contributed by atoms with Crippen LogP contribution >= 0.6 is 0 Å². The van der Waals surface area contributed by atoms with Crippen molar-refractivity contribution in [2.45, 2.75) is 116 Å². The van der Waals surface area contributed by atoms with Crippen molar-refractivity contribution < 1.29 is 9.53 Å². The standard InChI is InChI=1S/C19H42O2Si/c1-8-9-10-11-12-13-14-19(20)15-21-22(16(2)3,17(4)5)18(6)7/h16-20H,8-15H2,1-7H3/t19-/m0/s1. The minimum atomic E-state index is -1.82. The van der Waals surface area contributed by atoms with Gasteiger partial charge in [-0.3, -0.25) is 0 Å². The van der Waals surface area contributed by atoms with Crippen molar-refractivity contribution in [2.75, 3.05) is 6.61 Å². The van der Waals surface area contributed by atoms with Gasteiger partial charge in [-0.15, -0.1) is 0 Å². The Bertz CT molecular complexity index is 242. The van der Waals surface area contributed by atoms with Gasteiger partial charge in [-0.1, -0.05) is 87.0 Å². The van der Waals surface area contributed by atoms with E-state index in [0.717, 1.165) is 12.8 Å². The van der Waals surface area contributed by atoms with Crippen molar-refractivity contribution in [1.82, 2.24) is 0 Å². The first kappa shape index (κ1) is 22.1. The molecule has 0 rings (SSSR count). The molecule has 0 aliphatic rings. The van der Waals surface area contributed by atoms with Gasteiger partial charge in [0.15, 0.2) is 8.32 Å². The molecule has 0 aliphatic heterocycles. The van der Waals surface area contributed by atoms with E-state index < -0.39 is 8.32 Å². The number of unbranched alkanes of at least 4 members (excludes halogenated alkanes) is 5. The van der Waals surface area contributed by atoms with Gasteiger partial charge in [0.2, 0.25) is 0 Å². The number of rotatable bonds is 13. The molecule has 0 aromatic rings. The molecule has 2 nitrogen and oxygen atoms in total. The molecule has 0 amide bonds. The van der Waals surface area contributed by atoms with Crippen LogP contribution in [-0.4, -0.2) is 26.1 Å². The van der Waals surface area contributed by atoms with Crippen LogP contribution in [0, 0.1) is 0 Å². The van der Waals surface area contributed by atoms with Crippen LogP contribution in [0.1, 0.15) is 93.4 Å². The molecule has 0 radical (unpaired) electrons. The molecular formula is C19H42O2Si. The Morgan fingerprint density at radius 1 is 0.773 bits per heavy atom. The first-order valence-electron chi connectivity index (χ1n) is 9.60. The Kier molecular flexibility index (Phi) is 11.7. The average Bonchev–Trinajstić information content (AvgIpc) is 2.42. The summed E-state index contributed by atoms with van der Waals surface area (Å²) in [6.45, 7) is 16.6. The fourth-order valence-corrected chi connectivity index (χ4v) is 9.47. The maximum absolute atomic E-state index is 10.3. The number of hydrogen-bond acceptors (Lipinski definition) is 2. The highest BCUT2D eigenvalue weighted by Gasteiger charge is 2.45. The number of aliphatic hydroxyl groups is 1.